The monoisotopic (exact) mass is 425 g/mol. The normalized spacial score (nSPS) is 11.0. The first-order chi connectivity index (χ1) is 14.1. The van der Waals surface area contributed by atoms with Gasteiger partial charge in [0.15, 0.2) is 0 Å². The van der Waals surface area contributed by atoms with Gasteiger partial charge in [0.1, 0.15) is 5.15 Å². The summed E-state index contributed by atoms with van der Waals surface area (Å²) >= 11 is 11.9. The second-order valence-electron chi connectivity index (χ2n) is 6.54. The van der Waals surface area contributed by atoms with Crippen molar-refractivity contribution in [3.05, 3.63) is 76.0 Å². The standard InChI is InChI=1S/C22H17Cl2N3O2/c1-13-5-3-4-6-17(13)18-8-7-14(9-16(18)12-28-2)22-26-21(27-29-22)15-10-19(23)20(24)25-11-15/h3-11H,12H2,1-2H3. The van der Waals surface area contributed by atoms with Crippen LogP contribution in [0.3, 0.4) is 0 Å². The van der Waals surface area contributed by atoms with Crippen LogP contribution >= 0.6 is 23.2 Å². The summed E-state index contributed by atoms with van der Waals surface area (Å²) in [6.07, 6.45) is 1.56. The van der Waals surface area contributed by atoms with E-state index in [0.717, 1.165) is 16.7 Å². The van der Waals surface area contributed by atoms with Crippen molar-refractivity contribution in [3.8, 4) is 34.0 Å². The Balaban J connectivity index is 1.73. The van der Waals surface area contributed by atoms with E-state index in [1.54, 1.807) is 19.4 Å². The van der Waals surface area contributed by atoms with Crippen molar-refractivity contribution >= 4 is 23.2 Å². The van der Waals surface area contributed by atoms with Crippen LogP contribution in [0.2, 0.25) is 10.2 Å². The van der Waals surface area contributed by atoms with Crippen LogP contribution in [-0.2, 0) is 11.3 Å². The zero-order valence-electron chi connectivity index (χ0n) is 15.8. The van der Waals surface area contributed by atoms with Crippen LogP contribution in [0.5, 0.6) is 0 Å². The minimum absolute atomic E-state index is 0.232. The molecule has 4 rings (SSSR count). The molecule has 2 aromatic heterocycles. The topological polar surface area (TPSA) is 61.0 Å². The Morgan fingerprint density at radius 1 is 1.00 bits per heavy atom. The number of pyridine rings is 1. The first-order valence-corrected chi connectivity index (χ1v) is 9.66. The number of ether oxygens (including phenoxy) is 1. The second kappa shape index (κ2) is 8.33. The van der Waals surface area contributed by atoms with Crippen LogP contribution < -0.4 is 0 Å². The lowest BCUT2D eigenvalue weighted by Crippen LogP contribution is -1.95. The summed E-state index contributed by atoms with van der Waals surface area (Å²) in [5.41, 5.74) is 5.95. The van der Waals surface area contributed by atoms with Crippen LogP contribution in [0.1, 0.15) is 11.1 Å². The Kier molecular flexibility index (Phi) is 5.62. The van der Waals surface area contributed by atoms with E-state index in [1.807, 2.05) is 24.3 Å². The molecule has 0 aliphatic carbocycles. The zero-order valence-corrected chi connectivity index (χ0v) is 17.3. The third-order valence-corrected chi connectivity index (χ3v) is 5.25. The van der Waals surface area contributed by atoms with Crippen LogP contribution in [0.25, 0.3) is 34.0 Å². The molecule has 29 heavy (non-hydrogen) atoms. The molecule has 0 amide bonds. The van der Waals surface area contributed by atoms with E-state index in [0.29, 0.717) is 28.9 Å². The van der Waals surface area contributed by atoms with Crippen LogP contribution in [0, 0.1) is 6.92 Å². The molecule has 0 unspecified atom stereocenters. The molecule has 0 fully saturated rings. The average molecular weight is 426 g/mol. The van der Waals surface area contributed by atoms with E-state index in [-0.39, 0.29) is 5.15 Å². The number of rotatable bonds is 5. The third-order valence-electron chi connectivity index (χ3n) is 4.57. The van der Waals surface area contributed by atoms with Crippen LogP contribution in [0.4, 0.5) is 0 Å². The molecule has 0 aliphatic heterocycles. The number of aromatic nitrogens is 3. The summed E-state index contributed by atoms with van der Waals surface area (Å²) < 4.78 is 10.9. The second-order valence-corrected chi connectivity index (χ2v) is 7.30. The van der Waals surface area contributed by atoms with Crippen molar-refractivity contribution in [1.82, 2.24) is 15.1 Å². The highest BCUT2D eigenvalue weighted by molar-refractivity contribution is 6.41. The molecule has 0 radical (unpaired) electrons. The molecule has 0 N–H and O–H groups in total. The first-order valence-electron chi connectivity index (χ1n) is 8.90. The van der Waals surface area contributed by atoms with Gasteiger partial charge in [-0.3, -0.25) is 0 Å². The summed E-state index contributed by atoms with van der Waals surface area (Å²) in [6.45, 7) is 2.56. The Bertz CT molecular complexity index is 1170. The van der Waals surface area contributed by atoms with Gasteiger partial charge < -0.3 is 9.26 Å². The summed E-state index contributed by atoms with van der Waals surface area (Å²) in [5, 5.41) is 4.61. The minimum Gasteiger partial charge on any atom is -0.380 e. The van der Waals surface area contributed by atoms with E-state index in [4.69, 9.17) is 32.5 Å². The smallest absolute Gasteiger partial charge is 0.258 e. The molecule has 0 saturated carbocycles. The van der Waals surface area contributed by atoms with Crippen LogP contribution in [0.15, 0.2) is 59.3 Å². The number of aryl methyl sites for hydroxylation is 1. The van der Waals surface area contributed by atoms with Crippen molar-refractivity contribution in [1.29, 1.82) is 0 Å². The molecule has 5 nitrogen and oxygen atoms in total. The fraction of sp³-hybridized carbons (Fsp3) is 0.136. The lowest BCUT2D eigenvalue weighted by atomic mass is 9.94. The van der Waals surface area contributed by atoms with E-state index in [9.17, 15) is 0 Å². The molecule has 7 heteroatoms. The van der Waals surface area contributed by atoms with Crippen molar-refractivity contribution in [2.75, 3.05) is 7.11 Å². The van der Waals surface area contributed by atoms with Crippen molar-refractivity contribution in [2.45, 2.75) is 13.5 Å². The van der Waals surface area contributed by atoms with Crippen molar-refractivity contribution < 1.29 is 9.26 Å². The van der Waals surface area contributed by atoms with Gasteiger partial charge in [0.05, 0.1) is 11.6 Å². The van der Waals surface area contributed by atoms with Crippen LogP contribution in [-0.4, -0.2) is 22.2 Å². The summed E-state index contributed by atoms with van der Waals surface area (Å²) in [7, 11) is 1.68. The highest BCUT2D eigenvalue weighted by Crippen LogP contribution is 2.32. The first kappa shape index (κ1) is 19.6. The number of benzene rings is 2. The molecule has 0 saturated heterocycles. The molecule has 0 spiro atoms. The van der Waals surface area contributed by atoms with Gasteiger partial charge in [-0.05, 0) is 47.4 Å². The van der Waals surface area contributed by atoms with Gasteiger partial charge in [0, 0.05) is 24.4 Å². The quantitative estimate of drug-likeness (QED) is 0.354. The van der Waals surface area contributed by atoms with E-state index in [1.165, 1.54) is 11.1 Å². The van der Waals surface area contributed by atoms with Gasteiger partial charge >= 0.3 is 0 Å². The highest BCUT2D eigenvalue weighted by Gasteiger charge is 2.15. The molecule has 0 atom stereocenters. The van der Waals surface area contributed by atoms with Gasteiger partial charge in [-0.15, -0.1) is 0 Å². The third kappa shape index (κ3) is 4.03. The molecule has 146 valence electrons. The Hall–Kier alpha value is -2.73. The predicted octanol–water partition coefficient (Wildman–Crippen LogP) is 6.23. The maximum Gasteiger partial charge on any atom is 0.258 e. The Morgan fingerprint density at radius 2 is 1.83 bits per heavy atom. The maximum absolute atomic E-state index is 6.04. The Morgan fingerprint density at radius 3 is 2.59 bits per heavy atom. The van der Waals surface area contributed by atoms with Gasteiger partial charge in [-0.2, -0.15) is 4.98 Å². The molecule has 2 aromatic carbocycles. The van der Waals surface area contributed by atoms with Crippen molar-refractivity contribution in [3.63, 3.8) is 0 Å². The number of nitrogens with zero attached hydrogens (tertiary/aromatic N) is 3. The van der Waals surface area contributed by atoms with Gasteiger partial charge in [0.25, 0.3) is 5.89 Å². The summed E-state index contributed by atoms with van der Waals surface area (Å²) in [5.74, 6) is 0.794. The Labute approximate surface area is 178 Å². The van der Waals surface area contributed by atoms with Gasteiger partial charge in [-0.25, -0.2) is 4.98 Å². The van der Waals surface area contributed by atoms with E-state index in [2.05, 4.69) is 40.2 Å². The van der Waals surface area contributed by atoms with Crippen molar-refractivity contribution in [2.24, 2.45) is 0 Å². The lowest BCUT2D eigenvalue weighted by molar-refractivity contribution is 0.185. The molecular weight excluding hydrogens is 409 g/mol. The summed E-state index contributed by atoms with van der Waals surface area (Å²) in [6, 6.07) is 15.9. The van der Waals surface area contributed by atoms with E-state index < -0.39 is 0 Å². The van der Waals surface area contributed by atoms with E-state index >= 15 is 0 Å². The fourth-order valence-electron chi connectivity index (χ4n) is 3.14. The predicted molar refractivity (Wildman–Crippen MR) is 114 cm³/mol. The SMILES string of the molecule is COCc1cc(-c2nc(-c3cnc(Cl)c(Cl)c3)no2)ccc1-c1ccccc1C. The number of halogens is 2. The number of methoxy groups -OCH3 is 1. The average Bonchev–Trinajstić information content (AvgIpc) is 3.21. The number of hydrogen-bond acceptors (Lipinski definition) is 5. The lowest BCUT2D eigenvalue weighted by Gasteiger charge is -2.12. The summed E-state index contributed by atoms with van der Waals surface area (Å²) in [4.78, 5) is 8.51. The molecule has 2 heterocycles. The maximum atomic E-state index is 6.04. The molecule has 4 aromatic rings. The highest BCUT2D eigenvalue weighted by atomic mass is 35.5. The van der Waals surface area contributed by atoms with Gasteiger partial charge in [-0.1, -0.05) is 58.7 Å². The molecule has 0 bridgehead atoms. The molecular formula is C22H17Cl2N3O2. The largest absolute Gasteiger partial charge is 0.380 e. The molecule has 0 aliphatic rings. The fourth-order valence-corrected chi connectivity index (χ4v) is 3.41. The minimum atomic E-state index is 0.232. The number of hydrogen-bond donors (Lipinski definition) is 0. The zero-order chi connectivity index (χ0) is 20.4. The van der Waals surface area contributed by atoms with Gasteiger partial charge in [0.2, 0.25) is 5.82 Å².